The summed E-state index contributed by atoms with van der Waals surface area (Å²) >= 11 is 0. The van der Waals surface area contributed by atoms with Crippen LogP contribution < -0.4 is 0 Å². The van der Waals surface area contributed by atoms with Crippen LogP contribution in [0.3, 0.4) is 0 Å². The third-order valence-electron chi connectivity index (χ3n) is 5.14. The number of aromatic nitrogens is 4. The minimum absolute atomic E-state index is 0.0405. The highest BCUT2D eigenvalue weighted by molar-refractivity contribution is 7.91. The van der Waals surface area contributed by atoms with E-state index in [0.29, 0.717) is 13.1 Å². The molecule has 0 saturated carbocycles. The van der Waals surface area contributed by atoms with E-state index in [2.05, 4.69) is 28.0 Å². The Morgan fingerprint density at radius 2 is 1.84 bits per heavy atom. The molecule has 0 unspecified atom stereocenters. The minimum atomic E-state index is -3.46. The van der Waals surface area contributed by atoms with Gasteiger partial charge in [0.05, 0.1) is 36.4 Å². The molecule has 0 N–H and O–H groups in total. The van der Waals surface area contributed by atoms with Crippen molar-refractivity contribution in [2.24, 2.45) is 5.92 Å². The van der Waals surface area contributed by atoms with Gasteiger partial charge in [-0.2, -0.15) is 5.10 Å². The molecule has 0 radical (unpaired) electrons. The van der Waals surface area contributed by atoms with Crippen LogP contribution in [0.25, 0.3) is 0 Å². The molecule has 0 amide bonds. The molecule has 7 nitrogen and oxygen atoms in total. The lowest BCUT2D eigenvalue weighted by molar-refractivity contribution is 0.295. The lowest BCUT2D eigenvalue weighted by Gasteiger charge is -2.19. The van der Waals surface area contributed by atoms with Crippen molar-refractivity contribution in [1.29, 1.82) is 0 Å². The average Bonchev–Trinajstić information content (AvgIpc) is 3.22. The Balaban J connectivity index is 1.82. The Morgan fingerprint density at radius 3 is 2.45 bits per heavy atom. The van der Waals surface area contributed by atoms with E-state index in [-0.39, 0.29) is 16.8 Å². The van der Waals surface area contributed by atoms with E-state index >= 15 is 0 Å². The maximum absolute atomic E-state index is 13.0. The standard InChI is InChI=1S/C23H33N5O2S/c1-18(2)17-31(29,30)23-24-14-22(27(23)15-21-9-7-6-8-10-21)16-26(5)11-12-28-20(4)13-19(3)25-28/h6-10,13-14,18H,11-12,15-17H2,1-5H3. The molecule has 0 aliphatic heterocycles. The second kappa shape index (κ2) is 9.78. The zero-order chi connectivity index (χ0) is 22.6. The molecule has 0 spiro atoms. The van der Waals surface area contributed by atoms with Gasteiger partial charge in [0.15, 0.2) is 0 Å². The monoisotopic (exact) mass is 443 g/mol. The van der Waals surface area contributed by atoms with Crippen LogP contribution in [0.4, 0.5) is 0 Å². The van der Waals surface area contributed by atoms with Crippen molar-refractivity contribution < 1.29 is 8.42 Å². The van der Waals surface area contributed by atoms with Crippen molar-refractivity contribution in [3.8, 4) is 0 Å². The van der Waals surface area contributed by atoms with Gasteiger partial charge in [-0.05, 0) is 38.4 Å². The molecule has 31 heavy (non-hydrogen) atoms. The van der Waals surface area contributed by atoms with E-state index in [1.807, 2.05) is 67.4 Å². The number of imidazole rings is 1. The smallest absolute Gasteiger partial charge is 0.228 e. The van der Waals surface area contributed by atoms with E-state index < -0.39 is 9.84 Å². The number of likely N-dealkylation sites (N-methyl/N-ethyl adjacent to an activating group) is 1. The first kappa shape index (κ1) is 23.2. The molecule has 2 aromatic heterocycles. The first-order valence-corrected chi connectivity index (χ1v) is 12.3. The van der Waals surface area contributed by atoms with E-state index in [1.165, 1.54) is 0 Å². The molecule has 0 atom stereocenters. The number of sulfone groups is 1. The van der Waals surface area contributed by atoms with Crippen LogP contribution in [0.5, 0.6) is 0 Å². The van der Waals surface area contributed by atoms with Crippen LogP contribution in [0, 0.1) is 19.8 Å². The normalized spacial score (nSPS) is 12.2. The predicted octanol–water partition coefficient (Wildman–Crippen LogP) is 3.31. The number of benzene rings is 1. The van der Waals surface area contributed by atoms with Crippen molar-refractivity contribution in [3.63, 3.8) is 0 Å². The Bertz CT molecular complexity index is 1100. The fraction of sp³-hybridized carbons (Fsp3) is 0.478. The quantitative estimate of drug-likeness (QED) is 0.481. The summed E-state index contributed by atoms with van der Waals surface area (Å²) in [7, 11) is -1.43. The molecule has 0 aliphatic rings. The van der Waals surface area contributed by atoms with E-state index in [9.17, 15) is 8.42 Å². The minimum Gasteiger partial charge on any atom is -0.313 e. The first-order chi connectivity index (χ1) is 14.7. The molecule has 0 saturated heterocycles. The summed E-state index contributed by atoms with van der Waals surface area (Å²) in [6.07, 6.45) is 1.70. The van der Waals surface area contributed by atoms with Crippen molar-refractivity contribution in [3.05, 3.63) is 65.2 Å². The Kier molecular flexibility index (Phi) is 7.33. The summed E-state index contributed by atoms with van der Waals surface area (Å²) in [5, 5.41) is 4.68. The predicted molar refractivity (Wildman–Crippen MR) is 123 cm³/mol. The Morgan fingerprint density at radius 1 is 1.13 bits per heavy atom. The second-order valence-corrected chi connectivity index (χ2v) is 10.6. The molecular weight excluding hydrogens is 410 g/mol. The van der Waals surface area contributed by atoms with Crippen LogP contribution in [0.1, 0.15) is 36.5 Å². The summed E-state index contributed by atoms with van der Waals surface area (Å²) in [6.45, 7) is 10.5. The molecule has 3 aromatic rings. The van der Waals surface area contributed by atoms with Crippen molar-refractivity contribution in [2.45, 2.75) is 52.5 Å². The molecule has 8 heteroatoms. The van der Waals surface area contributed by atoms with Gasteiger partial charge in [-0.1, -0.05) is 44.2 Å². The van der Waals surface area contributed by atoms with Crippen LogP contribution >= 0.6 is 0 Å². The highest BCUT2D eigenvalue weighted by Crippen LogP contribution is 2.19. The summed E-state index contributed by atoms with van der Waals surface area (Å²) < 4.78 is 29.8. The number of hydrogen-bond acceptors (Lipinski definition) is 5. The van der Waals surface area contributed by atoms with Gasteiger partial charge in [0, 0.05) is 18.8 Å². The molecule has 168 valence electrons. The lowest BCUT2D eigenvalue weighted by Crippen LogP contribution is -2.26. The van der Waals surface area contributed by atoms with Crippen molar-refractivity contribution in [1.82, 2.24) is 24.2 Å². The first-order valence-electron chi connectivity index (χ1n) is 10.7. The molecule has 0 bridgehead atoms. The molecule has 0 fully saturated rings. The van der Waals surface area contributed by atoms with Crippen molar-refractivity contribution in [2.75, 3.05) is 19.3 Å². The molecule has 3 rings (SSSR count). The molecule has 0 aliphatic carbocycles. The molecular formula is C23H33N5O2S. The summed E-state index contributed by atoms with van der Waals surface area (Å²) in [5.74, 6) is 0.130. The summed E-state index contributed by atoms with van der Waals surface area (Å²) in [6, 6.07) is 12.0. The van der Waals surface area contributed by atoms with Gasteiger partial charge in [-0.25, -0.2) is 13.4 Å². The van der Waals surface area contributed by atoms with Gasteiger partial charge >= 0.3 is 0 Å². The van der Waals surface area contributed by atoms with Gasteiger partial charge in [0.2, 0.25) is 15.0 Å². The Labute approximate surface area is 185 Å². The lowest BCUT2D eigenvalue weighted by atomic mass is 10.2. The van der Waals surface area contributed by atoms with E-state index in [4.69, 9.17) is 0 Å². The molecule has 1 aromatic carbocycles. The van der Waals surface area contributed by atoms with Gasteiger partial charge in [-0.15, -0.1) is 0 Å². The Hall–Kier alpha value is -2.45. The highest BCUT2D eigenvalue weighted by Gasteiger charge is 2.25. The van der Waals surface area contributed by atoms with E-state index in [0.717, 1.165) is 35.7 Å². The van der Waals surface area contributed by atoms with Gasteiger partial charge in [0.1, 0.15) is 0 Å². The topological polar surface area (TPSA) is 73.0 Å². The fourth-order valence-corrected chi connectivity index (χ4v) is 5.49. The highest BCUT2D eigenvalue weighted by atomic mass is 32.2. The zero-order valence-corrected chi connectivity index (χ0v) is 19.9. The van der Waals surface area contributed by atoms with Crippen molar-refractivity contribution >= 4 is 9.84 Å². The van der Waals surface area contributed by atoms with Crippen LogP contribution in [0.2, 0.25) is 0 Å². The number of nitrogens with zero attached hydrogens (tertiary/aromatic N) is 5. The largest absolute Gasteiger partial charge is 0.313 e. The van der Waals surface area contributed by atoms with E-state index in [1.54, 1.807) is 6.20 Å². The maximum atomic E-state index is 13.0. The average molecular weight is 444 g/mol. The van der Waals surface area contributed by atoms with Crippen LogP contribution in [-0.4, -0.2) is 52.0 Å². The number of rotatable bonds is 10. The zero-order valence-electron chi connectivity index (χ0n) is 19.1. The summed E-state index contributed by atoms with van der Waals surface area (Å²) in [5.41, 5.74) is 4.10. The third kappa shape index (κ3) is 6.04. The number of hydrogen-bond donors (Lipinski definition) is 0. The van der Waals surface area contributed by atoms with Gasteiger partial charge in [0.25, 0.3) is 0 Å². The fourth-order valence-electron chi connectivity index (χ4n) is 3.74. The SMILES string of the molecule is Cc1cc(C)n(CCN(C)Cc2cnc(S(=O)(=O)CC(C)C)n2Cc2ccccc2)n1. The maximum Gasteiger partial charge on any atom is 0.228 e. The number of aryl methyl sites for hydroxylation is 2. The third-order valence-corrected chi connectivity index (χ3v) is 7.13. The summed E-state index contributed by atoms with van der Waals surface area (Å²) in [4.78, 5) is 6.53. The molecule has 2 heterocycles. The van der Waals surface area contributed by atoms with Crippen LogP contribution in [-0.2, 0) is 29.5 Å². The van der Waals surface area contributed by atoms with Crippen LogP contribution in [0.15, 0.2) is 47.8 Å². The second-order valence-electron chi connectivity index (χ2n) is 8.67. The van der Waals surface area contributed by atoms with Gasteiger partial charge in [-0.3, -0.25) is 9.58 Å². The van der Waals surface area contributed by atoms with Gasteiger partial charge < -0.3 is 4.57 Å².